The highest BCUT2D eigenvalue weighted by molar-refractivity contribution is 5.53. The van der Waals surface area contributed by atoms with E-state index < -0.39 is 11.7 Å². The molecule has 0 saturated carbocycles. The molecule has 0 aliphatic heterocycles. The van der Waals surface area contributed by atoms with E-state index in [-0.39, 0.29) is 11.4 Å². The maximum Gasteiger partial charge on any atom is 0.417 e. The Kier molecular flexibility index (Phi) is 2.51. The van der Waals surface area contributed by atoms with Crippen molar-refractivity contribution >= 4 is 0 Å². The van der Waals surface area contributed by atoms with E-state index in [0.717, 1.165) is 12.3 Å². The van der Waals surface area contributed by atoms with Crippen molar-refractivity contribution in [3.63, 3.8) is 0 Å². The molecular weight excluding hydrogens is 221 g/mol. The predicted molar refractivity (Wildman–Crippen MR) is 48.1 cm³/mol. The normalized spacial score (nSPS) is 11.4. The van der Waals surface area contributed by atoms with Crippen molar-refractivity contribution in [2.24, 2.45) is 0 Å². The van der Waals surface area contributed by atoms with Gasteiger partial charge < -0.3 is 0 Å². The van der Waals surface area contributed by atoms with Crippen LogP contribution < -0.4 is 0 Å². The molecule has 0 saturated heterocycles. The van der Waals surface area contributed by atoms with Crippen molar-refractivity contribution in [1.29, 1.82) is 0 Å². The van der Waals surface area contributed by atoms with Crippen LogP contribution in [0.2, 0.25) is 0 Å². The summed E-state index contributed by atoms with van der Waals surface area (Å²) in [7, 11) is 0. The fourth-order valence-electron chi connectivity index (χ4n) is 1.11. The summed E-state index contributed by atoms with van der Waals surface area (Å²) in [5.41, 5.74) is -0.623. The highest BCUT2D eigenvalue weighted by Gasteiger charge is 2.31. The average Bonchev–Trinajstić information content (AvgIpc) is 2.29. The van der Waals surface area contributed by atoms with Crippen LogP contribution in [0.4, 0.5) is 13.2 Å². The van der Waals surface area contributed by atoms with Crippen LogP contribution in [0.25, 0.3) is 11.4 Å². The van der Waals surface area contributed by atoms with Crippen LogP contribution in [0.3, 0.4) is 0 Å². The van der Waals surface area contributed by atoms with E-state index in [4.69, 9.17) is 0 Å². The van der Waals surface area contributed by atoms with Crippen molar-refractivity contribution in [3.8, 4) is 11.4 Å². The number of rotatable bonds is 1. The van der Waals surface area contributed by atoms with E-state index in [2.05, 4.69) is 19.9 Å². The number of hydrogen-bond donors (Lipinski definition) is 0. The van der Waals surface area contributed by atoms with Crippen LogP contribution in [-0.4, -0.2) is 19.9 Å². The Labute approximate surface area is 88.2 Å². The molecule has 0 aliphatic carbocycles. The van der Waals surface area contributed by atoms with E-state index in [1.165, 1.54) is 18.9 Å². The van der Waals surface area contributed by atoms with Crippen molar-refractivity contribution < 1.29 is 13.2 Å². The molecule has 0 bridgehead atoms. The smallest absolute Gasteiger partial charge is 0.263 e. The molecule has 2 heterocycles. The highest BCUT2D eigenvalue weighted by atomic mass is 19.4. The predicted octanol–water partition coefficient (Wildman–Crippen LogP) is 1.95. The molecule has 0 radical (unpaired) electrons. The largest absolute Gasteiger partial charge is 0.417 e. The molecule has 2 aromatic heterocycles. The van der Waals surface area contributed by atoms with Gasteiger partial charge in [0.15, 0.2) is 5.82 Å². The number of halogens is 3. The Morgan fingerprint density at radius 1 is 0.938 bits per heavy atom. The van der Waals surface area contributed by atoms with E-state index in [9.17, 15) is 13.2 Å². The van der Waals surface area contributed by atoms with E-state index in [0.29, 0.717) is 0 Å². The molecule has 4 nitrogen and oxygen atoms in total. The molecule has 0 atom stereocenters. The Hall–Kier alpha value is -2.05. The van der Waals surface area contributed by atoms with Gasteiger partial charge in [0, 0.05) is 18.0 Å². The van der Waals surface area contributed by atoms with Crippen LogP contribution in [-0.2, 0) is 6.18 Å². The lowest BCUT2D eigenvalue weighted by Crippen LogP contribution is -2.05. The van der Waals surface area contributed by atoms with Crippen molar-refractivity contribution in [1.82, 2.24) is 19.9 Å². The van der Waals surface area contributed by atoms with Crippen LogP contribution in [0.5, 0.6) is 0 Å². The van der Waals surface area contributed by atoms with E-state index in [1.807, 2.05) is 0 Å². The second-order valence-electron chi connectivity index (χ2n) is 2.92. The van der Waals surface area contributed by atoms with Crippen LogP contribution in [0.1, 0.15) is 5.56 Å². The molecule has 0 aromatic carbocycles. The summed E-state index contributed by atoms with van der Waals surface area (Å²) >= 11 is 0. The molecule has 2 rings (SSSR count). The minimum Gasteiger partial charge on any atom is -0.263 e. The quantitative estimate of drug-likeness (QED) is 0.745. The van der Waals surface area contributed by atoms with Gasteiger partial charge in [-0.2, -0.15) is 13.2 Å². The summed E-state index contributed by atoms with van der Waals surface area (Å²) < 4.78 is 37.2. The number of aromatic nitrogens is 4. The minimum absolute atomic E-state index is 0.161. The molecule has 0 fully saturated rings. The molecule has 0 aliphatic rings. The summed E-state index contributed by atoms with van der Waals surface area (Å²) in [6, 6.07) is 0.947. The second kappa shape index (κ2) is 3.84. The first-order valence-electron chi connectivity index (χ1n) is 4.22. The summed E-state index contributed by atoms with van der Waals surface area (Å²) in [5.74, 6) is 0.161. The lowest BCUT2D eigenvalue weighted by molar-refractivity contribution is -0.137. The molecule has 16 heavy (non-hydrogen) atoms. The zero-order valence-electron chi connectivity index (χ0n) is 7.81. The Bertz CT molecular complexity index is 484. The number of alkyl halides is 3. The van der Waals surface area contributed by atoms with E-state index >= 15 is 0 Å². The highest BCUT2D eigenvalue weighted by Crippen LogP contribution is 2.30. The zero-order valence-corrected chi connectivity index (χ0v) is 7.81. The summed E-state index contributed by atoms with van der Waals surface area (Å²) in [5, 5.41) is 0. The van der Waals surface area contributed by atoms with Gasteiger partial charge in [0.05, 0.1) is 5.56 Å². The Morgan fingerprint density at radius 2 is 1.62 bits per heavy atom. The maximum atomic E-state index is 12.4. The van der Waals surface area contributed by atoms with Gasteiger partial charge >= 0.3 is 6.18 Å². The molecule has 2 aromatic rings. The maximum absolute atomic E-state index is 12.4. The standard InChI is InChI=1S/C9H5F3N4/c10-9(11,12)7-1-6(2-13-3-7)8-15-4-14-5-16-8/h1-5H. The first kappa shape index (κ1) is 10.5. The number of nitrogens with zero attached hydrogens (tertiary/aromatic N) is 4. The van der Waals surface area contributed by atoms with Crippen molar-refractivity contribution in [3.05, 3.63) is 36.7 Å². The van der Waals surface area contributed by atoms with Gasteiger partial charge in [-0.1, -0.05) is 0 Å². The number of pyridine rings is 1. The van der Waals surface area contributed by atoms with Crippen molar-refractivity contribution in [2.45, 2.75) is 6.18 Å². The molecule has 7 heteroatoms. The topological polar surface area (TPSA) is 51.6 Å². The van der Waals surface area contributed by atoms with E-state index in [1.54, 1.807) is 0 Å². The van der Waals surface area contributed by atoms with Gasteiger partial charge in [0.25, 0.3) is 0 Å². The summed E-state index contributed by atoms with van der Waals surface area (Å²) in [4.78, 5) is 14.6. The summed E-state index contributed by atoms with van der Waals surface area (Å²) in [6.07, 6.45) is 0.0243. The summed E-state index contributed by atoms with van der Waals surface area (Å²) in [6.45, 7) is 0. The average molecular weight is 226 g/mol. The Morgan fingerprint density at radius 3 is 2.25 bits per heavy atom. The fraction of sp³-hybridized carbons (Fsp3) is 0.111. The lowest BCUT2D eigenvalue weighted by atomic mass is 10.2. The SMILES string of the molecule is FC(F)(F)c1cncc(-c2ncncn2)c1. The van der Waals surface area contributed by atoms with Crippen LogP contribution >= 0.6 is 0 Å². The molecule has 0 spiro atoms. The molecule has 0 amide bonds. The van der Waals surface area contributed by atoms with Gasteiger partial charge in [0.1, 0.15) is 12.7 Å². The van der Waals surface area contributed by atoms with Crippen LogP contribution in [0, 0.1) is 0 Å². The van der Waals surface area contributed by atoms with Gasteiger partial charge in [-0.25, -0.2) is 15.0 Å². The number of hydrogen-bond acceptors (Lipinski definition) is 4. The third-order valence-electron chi connectivity index (χ3n) is 1.82. The monoisotopic (exact) mass is 226 g/mol. The third kappa shape index (κ3) is 2.13. The van der Waals surface area contributed by atoms with Crippen molar-refractivity contribution in [2.75, 3.05) is 0 Å². The molecule has 82 valence electrons. The van der Waals surface area contributed by atoms with Gasteiger partial charge in [-0.3, -0.25) is 4.98 Å². The molecule has 0 unspecified atom stereocenters. The van der Waals surface area contributed by atoms with Gasteiger partial charge in [-0.05, 0) is 6.07 Å². The lowest BCUT2D eigenvalue weighted by Gasteiger charge is -2.06. The fourth-order valence-corrected chi connectivity index (χ4v) is 1.11. The van der Waals surface area contributed by atoms with Crippen LogP contribution in [0.15, 0.2) is 31.1 Å². The Balaban J connectivity index is 2.45. The van der Waals surface area contributed by atoms with Gasteiger partial charge in [0.2, 0.25) is 0 Å². The third-order valence-corrected chi connectivity index (χ3v) is 1.82. The van der Waals surface area contributed by atoms with Gasteiger partial charge in [-0.15, -0.1) is 0 Å². The second-order valence-corrected chi connectivity index (χ2v) is 2.92. The molecular formula is C9H5F3N4. The molecule has 0 N–H and O–H groups in total. The minimum atomic E-state index is -4.42. The first-order valence-corrected chi connectivity index (χ1v) is 4.22. The zero-order chi connectivity index (χ0) is 11.6. The first-order chi connectivity index (χ1) is 7.57.